The second-order valence-electron chi connectivity index (χ2n) is 7.06. The van der Waals surface area contributed by atoms with Crippen LogP contribution in [0.2, 0.25) is 0 Å². The van der Waals surface area contributed by atoms with Crippen molar-refractivity contribution in [1.29, 1.82) is 5.26 Å². The first-order valence-electron chi connectivity index (χ1n) is 9.08. The number of benzene rings is 1. The van der Waals surface area contributed by atoms with Gasteiger partial charge >= 0.3 is 5.97 Å². The summed E-state index contributed by atoms with van der Waals surface area (Å²) in [6.07, 6.45) is 4.15. The lowest BCUT2D eigenvalue weighted by Gasteiger charge is -2.33. The van der Waals surface area contributed by atoms with Crippen LogP contribution in [0.3, 0.4) is 0 Å². The Hall–Kier alpha value is -2.40. The number of hydrogen-bond acceptors (Lipinski definition) is 6. The predicted molar refractivity (Wildman–Crippen MR) is 97.6 cm³/mol. The standard InChI is InChI=1S/C19H22N2O5S/c20-11-14-4-3-5-15(10-14)19(23)26-12-18(22)21(16-6-1-2-7-16)17-8-9-27(24,25)13-17/h3-5,10,16-17H,1-2,6-9,12-13H2/t17-/m0/s1. The van der Waals surface area contributed by atoms with Crippen molar-refractivity contribution in [3.8, 4) is 6.07 Å². The molecule has 0 bridgehead atoms. The van der Waals surface area contributed by atoms with E-state index < -0.39 is 22.4 Å². The van der Waals surface area contributed by atoms with Gasteiger partial charge in [0.25, 0.3) is 5.91 Å². The fraction of sp³-hybridized carbons (Fsp3) is 0.526. The van der Waals surface area contributed by atoms with Crippen LogP contribution in [0.4, 0.5) is 0 Å². The first-order chi connectivity index (χ1) is 12.9. The molecular formula is C19H22N2O5S. The Labute approximate surface area is 158 Å². The molecule has 8 heteroatoms. The highest BCUT2D eigenvalue weighted by molar-refractivity contribution is 7.91. The van der Waals surface area contributed by atoms with Crippen molar-refractivity contribution in [1.82, 2.24) is 4.90 Å². The second-order valence-corrected chi connectivity index (χ2v) is 9.29. The summed E-state index contributed by atoms with van der Waals surface area (Å²) >= 11 is 0. The monoisotopic (exact) mass is 390 g/mol. The SMILES string of the molecule is N#Cc1cccc(C(=O)OCC(=O)N(C2CCCC2)[C@H]2CCS(=O)(=O)C2)c1. The molecule has 0 N–H and O–H groups in total. The minimum Gasteiger partial charge on any atom is -0.452 e. The molecule has 1 heterocycles. The summed E-state index contributed by atoms with van der Waals surface area (Å²) in [5, 5.41) is 8.91. The number of carbonyl (C=O) groups is 2. The van der Waals surface area contributed by atoms with Crippen LogP contribution in [-0.2, 0) is 19.4 Å². The Bertz CT molecular complexity index is 868. The molecule has 27 heavy (non-hydrogen) atoms. The largest absolute Gasteiger partial charge is 0.452 e. The van der Waals surface area contributed by atoms with E-state index in [1.807, 2.05) is 6.07 Å². The van der Waals surface area contributed by atoms with E-state index in [2.05, 4.69) is 0 Å². The number of carbonyl (C=O) groups excluding carboxylic acids is 2. The zero-order valence-corrected chi connectivity index (χ0v) is 15.8. The minimum absolute atomic E-state index is 0.0106. The Morgan fingerprint density at radius 1 is 1.19 bits per heavy atom. The lowest BCUT2D eigenvalue weighted by atomic mass is 10.1. The third-order valence-electron chi connectivity index (χ3n) is 5.16. The maximum absolute atomic E-state index is 12.8. The highest BCUT2D eigenvalue weighted by Crippen LogP contribution is 2.29. The van der Waals surface area contributed by atoms with E-state index in [0.29, 0.717) is 12.0 Å². The van der Waals surface area contributed by atoms with E-state index in [-0.39, 0.29) is 35.1 Å². The van der Waals surface area contributed by atoms with Crippen molar-refractivity contribution in [2.75, 3.05) is 18.1 Å². The van der Waals surface area contributed by atoms with E-state index in [9.17, 15) is 18.0 Å². The Morgan fingerprint density at radius 3 is 2.56 bits per heavy atom. The molecule has 0 aromatic heterocycles. The van der Waals surface area contributed by atoms with Crippen molar-refractivity contribution in [3.05, 3.63) is 35.4 Å². The van der Waals surface area contributed by atoms with Gasteiger partial charge in [0, 0.05) is 12.1 Å². The van der Waals surface area contributed by atoms with Crippen LogP contribution in [0.15, 0.2) is 24.3 Å². The van der Waals surface area contributed by atoms with Crippen molar-refractivity contribution in [3.63, 3.8) is 0 Å². The number of nitrogens with zero attached hydrogens (tertiary/aromatic N) is 2. The summed E-state index contributed by atoms with van der Waals surface area (Å²) in [6, 6.07) is 7.69. The molecule has 1 aliphatic carbocycles. The molecular weight excluding hydrogens is 368 g/mol. The van der Waals surface area contributed by atoms with Gasteiger partial charge in [-0.05, 0) is 37.5 Å². The van der Waals surface area contributed by atoms with Crippen LogP contribution in [-0.4, -0.2) is 55.4 Å². The Kier molecular flexibility index (Phi) is 5.80. The first kappa shape index (κ1) is 19.4. The van der Waals surface area contributed by atoms with Gasteiger partial charge in [0.15, 0.2) is 16.4 Å². The summed E-state index contributed by atoms with van der Waals surface area (Å²) in [4.78, 5) is 26.6. The molecule has 3 rings (SSSR count). The predicted octanol–water partition coefficient (Wildman–Crippen LogP) is 1.67. The molecule has 0 spiro atoms. The number of hydrogen-bond donors (Lipinski definition) is 0. The molecule has 1 amide bonds. The van der Waals surface area contributed by atoms with Gasteiger partial charge in [-0.2, -0.15) is 5.26 Å². The Morgan fingerprint density at radius 2 is 1.93 bits per heavy atom. The molecule has 144 valence electrons. The fourth-order valence-electron chi connectivity index (χ4n) is 3.88. The third kappa shape index (κ3) is 4.66. The molecule has 1 saturated heterocycles. The van der Waals surface area contributed by atoms with E-state index in [1.165, 1.54) is 12.1 Å². The number of esters is 1. The van der Waals surface area contributed by atoms with Gasteiger partial charge in [-0.3, -0.25) is 4.79 Å². The van der Waals surface area contributed by atoms with Gasteiger partial charge in [-0.1, -0.05) is 18.9 Å². The smallest absolute Gasteiger partial charge is 0.338 e. The summed E-state index contributed by atoms with van der Waals surface area (Å²) in [6.45, 7) is -0.428. The molecule has 7 nitrogen and oxygen atoms in total. The molecule has 2 aliphatic rings. The maximum atomic E-state index is 12.8. The number of rotatable bonds is 5. The average molecular weight is 390 g/mol. The summed E-state index contributed by atoms with van der Waals surface area (Å²) < 4.78 is 28.8. The van der Waals surface area contributed by atoms with Crippen molar-refractivity contribution >= 4 is 21.7 Å². The zero-order valence-electron chi connectivity index (χ0n) is 15.0. The minimum atomic E-state index is -3.12. The first-order valence-corrected chi connectivity index (χ1v) is 10.9. The lowest BCUT2D eigenvalue weighted by molar-refractivity contribution is -0.139. The van der Waals surface area contributed by atoms with Gasteiger partial charge in [0.05, 0.1) is 28.7 Å². The molecule has 1 aliphatic heterocycles. The molecule has 1 aromatic carbocycles. The Balaban J connectivity index is 1.67. The van der Waals surface area contributed by atoms with E-state index in [0.717, 1.165) is 25.7 Å². The summed E-state index contributed by atoms with van der Waals surface area (Å²) in [7, 11) is -3.12. The van der Waals surface area contributed by atoms with Crippen LogP contribution in [0, 0.1) is 11.3 Å². The quantitative estimate of drug-likeness (QED) is 0.708. The van der Waals surface area contributed by atoms with Crippen LogP contribution in [0.25, 0.3) is 0 Å². The topological polar surface area (TPSA) is 105 Å². The van der Waals surface area contributed by atoms with Gasteiger partial charge in [-0.25, -0.2) is 13.2 Å². The maximum Gasteiger partial charge on any atom is 0.338 e. The van der Waals surface area contributed by atoms with Gasteiger partial charge < -0.3 is 9.64 Å². The average Bonchev–Trinajstić information content (AvgIpc) is 3.30. The molecule has 1 aromatic rings. The fourth-order valence-corrected chi connectivity index (χ4v) is 5.59. The van der Waals surface area contributed by atoms with E-state index in [1.54, 1.807) is 17.0 Å². The highest BCUT2D eigenvalue weighted by atomic mass is 32.2. The zero-order chi connectivity index (χ0) is 19.4. The molecule has 1 saturated carbocycles. The second kappa shape index (κ2) is 8.09. The molecule has 2 fully saturated rings. The van der Waals surface area contributed by atoms with Crippen molar-refractivity contribution < 1.29 is 22.7 Å². The van der Waals surface area contributed by atoms with Crippen LogP contribution in [0.5, 0.6) is 0 Å². The van der Waals surface area contributed by atoms with E-state index >= 15 is 0 Å². The van der Waals surface area contributed by atoms with Gasteiger partial charge in [0.1, 0.15) is 0 Å². The normalized spacial score (nSPS) is 21.5. The van der Waals surface area contributed by atoms with Gasteiger partial charge in [-0.15, -0.1) is 0 Å². The van der Waals surface area contributed by atoms with Crippen molar-refractivity contribution in [2.24, 2.45) is 0 Å². The van der Waals surface area contributed by atoms with Crippen LogP contribution in [0.1, 0.15) is 48.0 Å². The number of ether oxygens (including phenoxy) is 1. The molecule has 1 atom stereocenters. The van der Waals surface area contributed by atoms with Crippen LogP contribution < -0.4 is 0 Å². The van der Waals surface area contributed by atoms with Crippen LogP contribution >= 0.6 is 0 Å². The summed E-state index contributed by atoms with van der Waals surface area (Å²) in [5.74, 6) is -0.956. The number of sulfone groups is 1. The highest BCUT2D eigenvalue weighted by Gasteiger charge is 2.39. The van der Waals surface area contributed by atoms with E-state index in [4.69, 9.17) is 10.00 Å². The van der Waals surface area contributed by atoms with Crippen molar-refractivity contribution in [2.45, 2.75) is 44.2 Å². The molecule has 0 radical (unpaired) electrons. The lowest BCUT2D eigenvalue weighted by Crippen LogP contribution is -2.48. The number of nitriles is 1. The number of amides is 1. The van der Waals surface area contributed by atoms with Gasteiger partial charge in [0.2, 0.25) is 0 Å². The summed E-state index contributed by atoms with van der Waals surface area (Å²) in [5.41, 5.74) is 0.539. The third-order valence-corrected chi connectivity index (χ3v) is 6.91. The molecule has 0 unspecified atom stereocenters.